The molecule has 1 aliphatic carbocycles. The van der Waals surface area contributed by atoms with E-state index in [1.165, 1.54) is 33.3 Å². The van der Waals surface area contributed by atoms with Crippen LogP contribution in [0.3, 0.4) is 0 Å². The maximum Gasteiger partial charge on any atom is 0.0464 e. The van der Waals surface area contributed by atoms with Gasteiger partial charge in [-0.2, -0.15) is 0 Å². The molecule has 0 amide bonds. The maximum absolute atomic E-state index is 6.07. The van der Waals surface area contributed by atoms with Crippen molar-refractivity contribution in [2.24, 2.45) is 5.73 Å². The molecule has 0 bridgehead atoms. The van der Waals surface area contributed by atoms with Gasteiger partial charge in [0, 0.05) is 22.6 Å². The molecule has 3 rings (SSSR count). The van der Waals surface area contributed by atoms with Crippen LogP contribution in [-0.2, 0) is 12.8 Å². The van der Waals surface area contributed by atoms with Gasteiger partial charge in [0.2, 0.25) is 0 Å². The van der Waals surface area contributed by atoms with E-state index in [0.717, 1.165) is 19.3 Å². The number of H-pyrrole nitrogens is 1. The maximum atomic E-state index is 6.07. The molecule has 1 aliphatic rings. The average Bonchev–Trinajstić information content (AvgIpc) is 2.54. The minimum Gasteiger partial charge on any atom is -0.358 e. The lowest BCUT2D eigenvalue weighted by molar-refractivity contribution is 0.574. The molecule has 2 aromatic rings. The Bertz CT molecular complexity index is 551. The SMILES string of the molecule is Cc1cc(C)c2c3c([nH]c2c1)CCC(N)C3. The molecule has 0 fully saturated rings. The summed E-state index contributed by atoms with van der Waals surface area (Å²) in [5.74, 6) is 0. The Balaban J connectivity index is 2.30. The van der Waals surface area contributed by atoms with E-state index >= 15 is 0 Å². The first-order valence-corrected chi connectivity index (χ1v) is 6.01. The van der Waals surface area contributed by atoms with Crippen molar-refractivity contribution in [3.8, 4) is 0 Å². The zero-order valence-electron chi connectivity index (χ0n) is 9.93. The predicted octanol–water partition coefficient (Wildman–Crippen LogP) is 2.60. The van der Waals surface area contributed by atoms with E-state index in [4.69, 9.17) is 5.73 Å². The van der Waals surface area contributed by atoms with Gasteiger partial charge in [-0.25, -0.2) is 0 Å². The minimum atomic E-state index is 0.340. The Morgan fingerprint density at radius 2 is 2.12 bits per heavy atom. The fourth-order valence-corrected chi connectivity index (χ4v) is 2.99. The monoisotopic (exact) mass is 214 g/mol. The molecule has 1 unspecified atom stereocenters. The fraction of sp³-hybridized carbons (Fsp3) is 0.429. The van der Waals surface area contributed by atoms with Crippen molar-refractivity contribution >= 4 is 10.9 Å². The molecule has 0 radical (unpaired) electrons. The Morgan fingerprint density at radius 3 is 2.94 bits per heavy atom. The van der Waals surface area contributed by atoms with Crippen LogP contribution in [0.25, 0.3) is 10.9 Å². The largest absolute Gasteiger partial charge is 0.358 e. The van der Waals surface area contributed by atoms with Crippen LogP contribution in [0.1, 0.15) is 28.8 Å². The summed E-state index contributed by atoms with van der Waals surface area (Å²) in [5, 5.41) is 1.41. The van der Waals surface area contributed by atoms with Gasteiger partial charge in [0.25, 0.3) is 0 Å². The summed E-state index contributed by atoms with van der Waals surface area (Å²) >= 11 is 0. The number of fused-ring (bicyclic) bond motifs is 3. The first kappa shape index (κ1) is 9.91. The third-order valence-electron chi connectivity index (χ3n) is 3.66. The van der Waals surface area contributed by atoms with Gasteiger partial charge < -0.3 is 10.7 Å². The molecule has 1 aromatic heterocycles. The molecule has 0 spiro atoms. The molecule has 2 heteroatoms. The van der Waals surface area contributed by atoms with Crippen LogP contribution in [0, 0.1) is 13.8 Å². The standard InChI is InChI=1S/C14H18N2/c1-8-5-9(2)14-11-7-10(15)3-4-12(11)16-13(14)6-8/h5-6,10,16H,3-4,7,15H2,1-2H3. The summed E-state index contributed by atoms with van der Waals surface area (Å²) in [7, 11) is 0. The van der Waals surface area contributed by atoms with Gasteiger partial charge in [-0.1, -0.05) is 6.07 Å². The lowest BCUT2D eigenvalue weighted by Crippen LogP contribution is -2.27. The van der Waals surface area contributed by atoms with E-state index in [0.29, 0.717) is 6.04 Å². The zero-order chi connectivity index (χ0) is 11.3. The normalized spacial score (nSPS) is 20.1. The molecular formula is C14H18N2. The minimum absolute atomic E-state index is 0.340. The first-order valence-electron chi connectivity index (χ1n) is 6.01. The summed E-state index contributed by atoms with van der Waals surface area (Å²) in [6, 6.07) is 4.84. The van der Waals surface area contributed by atoms with Crippen molar-refractivity contribution < 1.29 is 0 Å². The molecule has 3 N–H and O–H groups in total. The zero-order valence-corrected chi connectivity index (χ0v) is 9.93. The number of nitrogens with one attached hydrogen (secondary N) is 1. The van der Waals surface area contributed by atoms with E-state index in [9.17, 15) is 0 Å². The van der Waals surface area contributed by atoms with Crippen LogP contribution in [0.15, 0.2) is 12.1 Å². The van der Waals surface area contributed by atoms with Crippen LogP contribution in [-0.4, -0.2) is 11.0 Å². The number of aryl methyl sites for hydroxylation is 3. The summed E-state index contributed by atoms with van der Waals surface area (Å²) in [6.45, 7) is 4.35. The van der Waals surface area contributed by atoms with Crippen molar-refractivity contribution in [2.45, 2.75) is 39.2 Å². The van der Waals surface area contributed by atoms with Crippen molar-refractivity contribution in [2.75, 3.05) is 0 Å². The van der Waals surface area contributed by atoms with Crippen LogP contribution in [0.2, 0.25) is 0 Å². The predicted molar refractivity (Wildman–Crippen MR) is 67.8 cm³/mol. The number of aromatic amines is 1. The number of benzene rings is 1. The van der Waals surface area contributed by atoms with E-state index < -0.39 is 0 Å². The first-order chi connectivity index (χ1) is 7.65. The van der Waals surface area contributed by atoms with Crippen LogP contribution < -0.4 is 5.73 Å². The molecule has 84 valence electrons. The average molecular weight is 214 g/mol. The van der Waals surface area contributed by atoms with E-state index in [-0.39, 0.29) is 0 Å². The highest BCUT2D eigenvalue weighted by atomic mass is 14.7. The van der Waals surface area contributed by atoms with Gasteiger partial charge in [0.15, 0.2) is 0 Å². The van der Waals surface area contributed by atoms with E-state index in [2.05, 4.69) is 31.0 Å². The second-order valence-corrected chi connectivity index (χ2v) is 5.09. The number of rotatable bonds is 0. The summed E-state index contributed by atoms with van der Waals surface area (Å²) in [4.78, 5) is 3.56. The third kappa shape index (κ3) is 1.37. The summed E-state index contributed by atoms with van der Waals surface area (Å²) < 4.78 is 0. The van der Waals surface area contributed by atoms with Crippen LogP contribution in [0.5, 0.6) is 0 Å². The topological polar surface area (TPSA) is 41.8 Å². The van der Waals surface area contributed by atoms with Gasteiger partial charge in [-0.15, -0.1) is 0 Å². The number of hydrogen-bond acceptors (Lipinski definition) is 1. The molecule has 1 atom stereocenters. The van der Waals surface area contributed by atoms with Crippen molar-refractivity contribution in [3.63, 3.8) is 0 Å². The van der Waals surface area contributed by atoms with Gasteiger partial charge in [-0.05, 0) is 55.9 Å². The van der Waals surface area contributed by atoms with Gasteiger partial charge in [-0.3, -0.25) is 0 Å². The van der Waals surface area contributed by atoms with Gasteiger partial charge >= 0.3 is 0 Å². The summed E-state index contributed by atoms with van der Waals surface area (Å²) in [5.41, 5.74) is 12.9. The molecule has 0 aliphatic heterocycles. The molecule has 1 heterocycles. The lowest BCUT2D eigenvalue weighted by atomic mass is 9.90. The van der Waals surface area contributed by atoms with E-state index in [1.807, 2.05) is 0 Å². The smallest absolute Gasteiger partial charge is 0.0464 e. The van der Waals surface area contributed by atoms with Crippen LogP contribution in [0.4, 0.5) is 0 Å². The molecule has 2 nitrogen and oxygen atoms in total. The Morgan fingerprint density at radius 1 is 1.31 bits per heavy atom. The highest BCUT2D eigenvalue weighted by Crippen LogP contribution is 2.31. The Labute approximate surface area is 95.8 Å². The molecule has 16 heavy (non-hydrogen) atoms. The lowest BCUT2D eigenvalue weighted by Gasteiger charge is -2.18. The molecule has 1 aromatic carbocycles. The molecule has 0 saturated carbocycles. The van der Waals surface area contributed by atoms with Gasteiger partial charge in [0.1, 0.15) is 0 Å². The Kier molecular flexibility index (Phi) is 2.08. The van der Waals surface area contributed by atoms with Crippen molar-refractivity contribution in [1.82, 2.24) is 4.98 Å². The highest BCUT2D eigenvalue weighted by molar-refractivity contribution is 5.88. The quantitative estimate of drug-likeness (QED) is 0.695. The van der Waals surface area contributed by atoms with Crippen molar-refractivity contribution in [3.05, 3.63) is 34.5 Å². The Hall–Kier alpha value is -1.28. The number of nitrogens with two attached hydrogens (primary N) is 1. The summed E-state index contributed by atoms with van der Waals surface area (Å²) in [6.07, 6.45) is 3.24. The number of aromatic nitrogens is 1. The third-order valence-corrected chi connectivity index (χ3v) is 3.66. The second kappa shape index (κ2) is 3.36. The van der Waals surface area contributed by atoms with Crippen LogP contribution >= 0.6 is 0 Å². The van der Waals surface area contributed by atoms with E-state index in [1.54, 1.807) is 0 Å². The molecule has 0 saturated heterocycles. The molecular weight excluding hydrogens is 196 g/mol. The second-order valence-electron chi connectivity index (χ2n) is 5.09. The van der Waals surface area contributed by atoms with Gasteiger partial charge in [0.05, 0.1) is 0 Å². The highest BCUT2D eigenvalue weighted by Gasteiger charge is 2.20. The number of hydrogen-bond donors (Lipinski definition) is 2. The fourth-order valence-electron chi connectivity index (χ4n) is 2.99. The van der Waals surface area contributed by atoms with Crippen molar-refractivity contribution in [1.29, 1.82) is 0 Å².